The van der Waals surface area contributed by atoms with Crippen molar-refractivity contribution in [1.29, 1.82) is 0 Å². The average Bonchev–Trinajstić information content (AvgIpc) is 3.09. The lowest BCUT2D eigenvalue weighted by atomic mass is 9.90. The Hall–Kier alpha value is -2.43. The fourth-order valence-corrected chi connectivity index (χ4v) is 3.06. The molecule has 0 fully saturated rings. The summed E-state index contributed by atoms with van der Waals surface area (Å²) in [5, 5.41) is 4.38. The van der Waals surface area contributed by atoms with Gasteiger partial charge in [0.1, 0.15) is 18.1 Å². The summed E-state index contributed by atoms with van der Waals surface area (Å²) in [6, 6.07) is 5.64. The summed E-state index contributed by atoms with van der Waals surface area (Å²) in [6.45, 7) is 3.46. The van der Waals surface area contributed by atoms with Crippen molar-refractivity contribution in [3.63, 3.8) is 0 Å². The smallest absolute Gasteiger partial charge is 0.172 e. The van der Waals surface area contributed by atoms with Gasteiger partial charge >= 0.3 is 0 Å². The van der Waals surface area contributed by atoms with Crippen LogP contribution in [0, 0.1) is 0 Å². The number of aromatic nitrogens is 3. The summed E-state index contributed by atoms with van der Waals surface area (Å²) in [5.74, 6) is 0.545. The molecule has 2 aromatic heterocycles. The van der Waals surface area contributed by atoms with E-state index in [9.17, 15) is 4.79 Å². The number of aldehydes is 1. The molecule has 120 valence electrons. The van der Waals surface area contributed by atoms with E-state index in [2.05, 4.69) is 23.1 Å². The molecule has 0 N–H and O–H groups in total. The van der Waals surface area contributed by atoms with Gasteiger partial charge in [0.15, 0.2) is 6.29 Å². The van der Waals surface area contributed by atoms with Crippen molar-refractivity contribution >= 4 is 11.9 Å². The first-order valence-electron chi connectivity index (χ1n) is 8.09. The molecule has 0 bridgehead atoms. The molecule has 0 aromatic carbocycles. The number of nitrogens with zero attached hydrogens (tertiary/aromatic N) is 3. The fourth-order valence-electron chi connectivity index (χ4n) is 3.06. The molecule has 3 rings (SSSR count). The van der Waals surface area contributed by atoms with Crippen LogP contribution in [-0.4, -0.2) is 27.7 Å². The Bertz CT molecular complexity index is 719. The number of allylic oxidation sites excluding steroid dienone is 1. The van der Waals surface area contributed by atoms with Crippen molar-refractivity contribution in [3.05, 3.63) is 47.6 Å². The molecule has 0 aliphatic heterocycles. The van der Waals surface area contributed by atoms with Gasteiger partial charge in [-0.1, -0.05) is 0 Å². The van der Waals surface area contributed by atoms with Crippen LogP contribution in [0.15, 0.2) is 36.2 Å². The average molecular weight is 311 g/mol. The van der Waals surface area contributed by atoms with E-state index < -0.39 is 0 Å². The van der Waals surface area contributed by atoms with Crippen LogP contribution in [0.4, 0.5) is 0 Å². The predicted octanol–water partition coefficient (Wildman–Crippen LogP) is 3.52. The molecule has 0 atom stereocenters. The van der Waals surface area contributed by atoms with Crippen molar-refractivity contribution in [2.45, 2.75) is 39.2 Å². The van der Waals surface area contributed by atoms with Crippen LogP contribution in [0.25, 0.3) is 5.57 Å². The van der Waals surface area contributed by atoms with Gasteiger partial charge in [-0.15, -0.1) is 0 Å². The SMILES string of the molecule is CCn1nccc1C1=C(COc2cccnc2C=O)CCCC1. The van der Waals surface area contributed by atoms with E-state index in [1.54, 1.807) is 18.3 Å². The van der Waals surface area contributed by atoms with E-state index in [-0.39, 0.29) is 0 Å². The summed E-state index contributed by atoms with van der Waals surface area (Å²) < 4.78 is 7.92. The molecule has 0 saturated heterocycles. The van der Waals surface area contributed by atoms with Gasteiger partial charge in [-0.25, -0.2) is 4.98 Å². The zero-order chi connectivity index (χ0) is 16.1. The van der Waals surface area contributed by atoms with Crippen molar-refractivity contribution in [3.8, 4) is 5.75 Å². The number of ether oxygens (including phenoxy) is 1. The maximum atomic E-state index is 11.0. The zero-order valence-corrected chi connectivity index (χ0v) is 13.4. The van der Waals surface area contributed by atoms with Crippen molar-refractivity contribution in [2.75, 3.05) is 6.61 Å². The molecule has 0 spiro atoms. The van der Waals surface area contributed by atoms with Crippen molar-refractivity contribution in [1.82, 2.24) is 14.8 Å². The summed E-state index contributed by atoms with van der Waals surface area (Å²) in [4.78, 5) is 15.1. The topological polar surface area (TPSA) is 57.0 Å². The number of hydrogen-bond acceptors (Lipinski definition) is 4. The standard InChI is InChI=1S/C18H21N3O2/c1-2-21-17(9-11-20-21)15-7-4-3-6-14(15)13-23-18-8-5-10-19-16(18)12-22/h5,8-12H,2-4,6-7,13H2,1H3. The van der Waals surface area contributed by atoms with E-state index in [1.807, 2.05) is 10.9 Å². The molecule has 0 amide bonds. The monoisotopic (exact) mass is 311 g/mol. The van der Waals surface area contributed by atoms with Crippen LogP contribution in [0.5, 0.6) is 5.75 Å². The lowest BCUT2D eigenvalue weighted by Crippen LogP contribution is -2.12. The minimum Gasteiger partial charge on any atom is -0.487 e. The third kappa shape index (κ3) is 3.33. The van der Waals surface area contributed by atoms with Crippen molar-refractivity contribution in [2.24, 2.45) is 0 Å². The highest BCUT2D eigenvalue weighted by atomic mass is 16.5. The summed E-state index contributed by atoms with van der Waals surface area (Å²) >= 11 is 0. The lowest BCUT2D eigenvalue weighted by molar-refractivity contribution is 0.111. The van der Waals surface area contributed by atoms with Gasteiger partial charge in [0, 0.05) is 18.9 Å². The van der Waals surface area contributed by atoms with E-state index in [0.717, 1.165) is 25.7 Å². The summed E-state index contributed by atoms with van der Waals surface area (Å²) in [7, 11) is 0. The number of rotatable bonds is 6. The van der Waals surface area contributed by atoms with Crippen LogP contribution in [-0.2, 0) is 6.54 Å². The number of carbonyl (C=O) groups is 1. The highest BCUT2D eigenvalue weighted by molar-refractivity contribution is 5.76. The molecule has 5 heteroatoms. The van der Waals surface area contributed by atoms with Crippen LogP contribution in [0.2, 0.25) is 0 Å². The molecule has 0 radical (unpaired) electrons. The second-order valence-corrected chi connectivity index (χ2v) is 5.61. The first-order chi connectivity index (χ1) is 11.3. The third-order valence-corrected chi connectivity index (χ3v) is 4.22. The predicted molar refractivity (Wildman–Crippen MR) is 88.4 cm³/mol. The summed E-state index contributed by atoms with van der Waals surface area (Å²) in [5.41, 5.74) is 4.18. The number of carbonyl (C=O) groups excluding carboxylic acids is 1. The largest absolute Gasteiger partial charge is 0.487 e. The minimum absolute atomic E-state index is 0.351. The van der Waals surface area contributed by atoms with E-state index in [4.69, 9.17) is 4.74 Å². The van der Waals surface area contributed by atoms with Gasteiger partial charge < -0.3 is 4.74 Å². The Balaban J connectivity index is 1.85. The number of pyridine rings is 1. The highest BCUT2D eigenvalue weighted by Gasteiger charge is 2.18. The second kappa shape index (κ2) is 7.22. The Morgan fingerprint density at radius 1 is 1.26 bits per heavy atom. The first kappa shape index (κ1) is 15.5. The van der Waals surface area contributed by atoms with E-state index >= 15 is 0 Å². The normalized spacial score (nSPS) is 14.8. The van der Waals surface area contributed by atoms with Gasteiger partial charge in [0.25, 0.3) is 0 Å². The fraction of sp³-hybridized carbons (Fsp3) is 0.389. The van der Waals surface area contributed by atoms with Crippen LogP contribution >= 0.6 is 0 Å². The lowest BCUT2D eigenvalue weighted by Gasteiger charge is -2.21. The third-order valence-electron chi connectivity index (χ3n) is 4.22. The van der Waals surface area contributed by atoms with Gasteiger partial charge in [-0.3, -0.25) is 9.48 Å². The summed E-state index contributed by atoms with van der Waals surface area (Å²) in [6.07, 6.45) is 8.64. The highest BCUT2D eigenvalue weighted by Crippen LogP contribution is 2.32. The molecule has 0 unspecified atom stereocenters. The van der Waals surface area contributed by atoms with Gasteiger partial charge in [-0.2, -0.15) is 5.10 Å². The first-order valence-corrected chi connectivity index (χ1v) is 8.09. The zero-order valence-electron chi connectivity index (χ0n) is 13.4. The Kier molecular flexibility index (Phi) is 4.86. The molecule has 2 aromatic rings. The van der Waals surface area contributed by atoms with Gasteiger partial charge in [0.05, 0.1) is 5.69 Å². The van der Waals surface area contributed by atoms with E-state index in [0.29, 0.717) is 18.1 Å². The van der Waals surface area contributed by atoms with Crippen LogP contribution < -0.4 is 4.74 Å². The van der Waals surface area contributed by atoms with Crippen LogP contribution in [0.3, 0.4) is 0 Å². The maximum absolute atomic E-state index is 11.0. The Morgan fingerprint density at radius 3 is 2.96 bits per heavy atom. The molecule has 0 saturated carbocycles. The van der Waals surface area contributed by atoms with Gasteiger partial charge in [0.2, 0.25) is 0 Å². The van der Waals surface area contributed by atoms with Crippen molar-refractivity contribution < 1.29 is 9.53 Å². The molecular weight excluding hydrogens is 290 g/mol. The quantitative estimate of drug-likeness (QED) is 0.766. The molecule has 1 aliphatic rings. The molecule has 2 heterocycles. The Labute approximate surface area is 136 Å². The Morgan fingerprint density at radius 2 is 2.13 bits per heavy atom. The number of aryl methyl sites for hydroxylation is 1. The van der Waals surface area contributed by atoms with Gasteiger partial charge in [-0.05, 0) is 62.0 Å². The molecular formula is C18H21N3O2. The van der Waals surface area contributed by atoms with Crippen LogP contribution in [0.1, 0.15) is 48.8 Å². The van der Waals surface area contributed by atoms with E-state index in [1.165, 1.54) is 29.7 Å². The minimum atomic E-state index is 0.351. The number of hydrogen-bond donors (Lipinski definition) is 0. The molecule has 1 aliphatic carbocycles. The second-order valence-electron chi connectivity index (χ2n) is 5.61. The maximum Gasteiger partial charge on any atom is 0.172 e. The molecule has 23 heavy (non-hydrogen) atoms. The molecule has 5 nitrogen and oxygen atoms in total.